The minimum absolute atomic E-state index is 0.000714. The van der Waals surface area contributed by atoms with Crippen molar-refractivity contribution in [1.82, 2.24) is 4.90 Å². The third-order valence-electron chi connectivity index (χ3n) is 12.7. The van der Waals surface area contributed by atoms with E-state index in [1.807, 2.05) is 67.6 Å². The van der Waals surface area contributed by atoms with Crippen LogP contribution in [0.2, 0.25) is 0 Å². The van der Waals surface area contributed by atoms with Gasteiger partial charge in [-0.25, -0.2) is 4.79 Å². The maximum Gasteiger partial charge on any atom is 0.410 e. The third-order valence-corrected chi connectivity index (χ3v) is 12.7. The molecule has 69 heavy (non-hydrogen) atoms. The Morgan fingerprint density at radius 2 is 1.32 bits per heavy atom. The van der Waals surface area contributed by atoms with E-state index in [1.165, 1.54) is 0 Å². The molecule has 0 radical (unpaired) electrons. The first-order valence-corrected chi connectivity index (χ1v) is 22.3. The number of aliphatic hydroxyl groups excluding tert-OH is 4. The smallest absolute Gasteiger partial charge is 0.410 e. The van der Waals surface area contributed by atoms with E-state index in [0.29, 0.717) is 6.42 Å². The van der Waals surface area contributed by atoms with Gasteiger partial charge < -0.3 is 53.6 Å². The average Bonchev–Trinajstić information content (AvgIpc) is 3.66. The number of azide groups is 5. The van der Waals surface area contributed by atoms with Crippen molar-refractivity contribution in [3.8, 4) is 0 Å². The van der Waals surface area contributed by atoms with Gasteiger partial charge in [0.25, 0.3) is 0 Å². The molecule has 0 unspecified atom stereocenters. The summed E-state index contributed by atoms with van der Waals surface area (Å²) in [4.78, 5) is 29.9. The molecule has 370 valence electrons. The van der Waals surface area contributed by atoms with E-state index >= 15 is 0 Å². The van der Waals surface area contributed by atoms with Gasteiger partial charge in [0, 0.05) is 31.1 Å². The van der Waals surface area contributed by atoms with E-state index in [4.69, 9.17) is 38.7 Å². The predicted octanol–water partition coefficient (Wildman–Crippen LogP) is 5.86. The van der Waals surface area contributed by atoms with Gasteiger partial charge in [0.15, 0.2) is 18.9 Å². The fourth-order valence-corrected chi connectivity index (χ4v) is 9.13. The van der Waals surface area contributed by atoms with Gasteiger partial charge in [-0.2, -0.15) is 0 Å². The first-order valence-electron chi connectivity index (χ1n) is 22.3. The molecule has 1 aliphatic carbocycles. The van der Waals surface area contributed by atoms with Crippen LogP contribution >= 0.6 is 0 Å². The quantitative estimate of drug-likeness (QED) is 0.0689. The Hall–Kier alpha value is -6.14. The highest BCUT2D eigenvalue weighted by atomic mass is 16.8. The molecular formula is C41H54N16O12. The normalized spacial score (nSPS) is 34.5. The Kier molecular flexibility index (Phi) is 19.3. The SMILES string of the molecule is CC[C@H]([C@@H]1CC[C@@H](N=[N+]=[N-])[C@@H](O[C@H]2[C@H](O[C@@H]3O[C@H](CO)[C@@H](O[C@H]4O[C@@H](CN=[N+]=[N-])[C@@H](O)[C@H](C)[C@H]4N=[N+]=[N-])[C@H]3O)[C@@H](O)[C@H](N=[N+]=[N-])C[C@@H]2N=[N+]=[N-])O1)N(Cc1ccccc1)C(=O)OCc1ccccc1. The number of rotatable bonds is 20. The van der Waals surface area contributed by atoms with E-state index in [2.05, 4.69) is 50.1 Å². The third kappa shape index (κ3) is 12.7. The summed E-state index contributed by atoms with van der Waals surface area (Å²) < 4.78 is 43.1. The molecule has 4 aliphatic rings. The van der Waals surface area contributed by atoms with Crippen LogP contribution in [0.4, 0.5) is 4.79 Å². The van der Waals surface area contributed by atoms with Crippen molar-refractivity contribution in [3.63, 3.8) is 0 Å². The van der Waals surface area contributed by atoms with Gasteiger partial charge >= 0.3 is 6.09 Å². The predicted molar refractivity (Wildman–Crippen MR) is 237 cm³/mol. The molecule has 0 aromatic heterocycles. The molecule has 1 saturated carbocycles. The molecule has 3 aliphatic heterocycles. The molecule has 2 aromatic carbocycles. The molecule has 4 N–H and O–H groups in total. The summed E-state index contributed by atoms with van der Waals surface area (Å²) in [7, 11) is 0. The highest BCUT2D eigenvalue weighted by Gasteiger charge is 2.54. The lowest BCUT2D eigenvalue weighted by atomic mass is 9.84. The van der Waals surface area contributed by atoms with Crippen LogP contribution in [0.5, 0.6) is 0 Å². The largest absolute Gasteiger partial charge is 0.445 e. The van der Waals surface area contributed by atoms with Crippen LogP contribution in [0.1, 0.15) is 50.7 Å². The van der Waals surface area contributed by atoms with Crippen molar-refractivity contribution in [2.45, 2.75) is 157 Å². The van der Waals surface area contributed by atoms with Crippen molar-refractivity contribution in [2.24, 2.45) is 31.5 Å². The average molecular weight is 963 g/mol. The molecular weight excluding hydrogens is 909 g/mol. The molecule has 6 rings (SSSR count). The van der Waals surface area contributed by atoms with E-state index in [-0.39, 0.29) is 39.0 Å². The number of carbonyl (C=O) groups is 1. The topological polar surface area (TPSA) is 410 Å². The zero-order chi connectivity index (χ0) is 49.5. The van der Waals surface area contributed by atoms with Gasteiger partial charge in [-0.05, 0) is 70.4 Å². The lowest BCUT2D eigenvalue weighted by molar-refractivity contribution is -0.291. The zero-order valence-corrected chi connectivity index (χ0v) is 37.5. The van der Waals surface area contributed by atoms with E-state index in [0.717, 1.165) is 11.1 Å². The Balaban J connectivity index is 1.28. The molecule has 2 aromatic rings. The molecule has 3 saturated heterocycles. The second kappa shape index (κ2) is 25.5. The van der Waals surface area contributed by atoms with Crippen molar-refractivity contribution in [2.75, 3.05) is 13.2 Å². The lowest BCUT2D eigenvalue weighted by Gasteiger charge is -2.46. The van der Waals surface area contributed by atoms with Crippen molar-refractivity contribution < 1.29 is 58.4 Å². The Labute approximate surface area is 394 Å². The molecule has 0 spiro atoms. The first-order chi connectivity index (χ1) is 33.5. The minimum Gasteiger partial charge on any atom is -0.445 e. The second-order valence-corrected chi connectivity index (χ2v) is 16.8. The van der Waals surface area contributed by atoms with Crippen LogP contribution in [0.3, 0.4) is 0 Å². The zero-order valence-electron chi connectivity index (χ0n) is 37.5. The van der Waals surface area contributed by atoms with Crippen LogP contribution in [0.25, 0.3) is 52.2 Å². The van der Waals surface area contributed by atoms with E-state index < -0.39 is 123 Å². The van der Waals surface area contributed by atoms with Gasteiger partial charge in [-0.15, -0.1) is 0 Å². The van der Waals surface area contributed by atoms with Crippen molar-refractivity contribution in [1.29, 1.82) is 0 Å². The fraction of sp³-hybridized carbons (Fsp3) is 0.683. The maximum atomic E-state index is 14.0. The van der Waals surface area contributed by atoms with Crippen molar-refractivity contribution in [3.05, 3.63) is 124 Å². The van der Waals surface area contributed by atoms with E-state index in [9.17, 15) is 47.3 Å². The summed E-state index contributed by atoms with van der Waals surface area (Å²) in [6.07, 6.45) is -17.5. The molecule has 1 amide bonds. The number of ether oxygens (including phenoxy) is 7. The molecule has 18 atom stereocenters. The van der Waals surface area contributed by atoms with E-state index in [1.54, 1.807) is 11.8 Å². The molecule has 28 heteroatoms. The number of benzene rings is 2. The Bertz CT molecular complexity index is 2250. The highest BCUT2D eigenvalue weighted by molar-refractivity contribution is 5.68. The molecule has 4 fully saturated rings. The Morgan fingerprint density at radius 3 is 1.96 bits per heavy atom. The summed E-state index contributed by atoms with van der Waals surface area (Å²) in [6.45, 7) is 2.45. The van der Waals surface area contributed by atoms with Gasteiger partial charge in [-0.1, -0.05) is 100 Å². The summed E-state index contributed by atoms with van der Waals surface area (Å²) >= 11 is 0. The van der Waals surface area contributed by atoms with Crippen LogP contribution in [0.15, 0.2) is 86.2 Å². The van der Waals surface area contributed by atoms with Crippen LogP contribution in [-0.2, 0) is 46.3 Å². The fourth-order valence-electron chi connectivity index (χ4n) is 9.13. The maximum absolute atomic E-state index is 14.0. The van der Waals surface area contributed by atoms with Gasteiger partial charge in [-0.3, -0.25) is 4.90 Å². The summed E-state index contributed by atoms with van der Waals surface area (Å²) in [6, 6.07) is 13.0. The minimum atomic E-state index is -1.81. The van der Waals surface area contributed by atoms with Crippen LogP contribution in [-0.4, -0.2) is 149 Å². The van der Waals surface area contributed by atoms with Crippen LogP contribution < -0.4 is 0 Å². The molecule has 0 bridgehead atoms. The number of hydrogen-bond donors (Lipinski definition) is 4. The summed E-state index contributed by atoms with van der Waals surface area (Å²) in [5.41, 5.74) is 48.7. The second-order valence-electron chi connectivity index (χ2n) is 16.8. The summed E-state index contributed by atoms with van der Waals surface area (Å²) in [5.74, 6) is -0.813. The van der Waals surface area contributed by atoms with Gasteiger partial charge in [0.2, 0.25) is 0 Å². The number of carbonyl (C=O) groups excluding carboxylic acids is 1. The number of hydrogen-bond acceptors (Lipinski definition) is 17. The lowest BCUT2D eigenvalue weighted by Crippen LogP contribution is -2.61. The van der Waals surface area contributed by atoms with Gasteiger partial charge in [0.1, 0.15) is 31.0 Å². The first kappa shape index (κ1) is 52.2. The number of amides is 1. The van der Waals surface area contributed by atoms with Crippen LogP contribution in [0, 0.1) is 5.92 Å². The van der Waals surface area contributed by atoms with Gasteiger partial charge in [0.05, 0.1) is 73.9 Å². The highest BCUT2D eigenvalue weighted by Crippen LogP contribution is 2.39. The summed E-state index contributed by atoms with van der Waals surface area (Å²) in [5, 5.41) is 63.5. The molecule has 28 nitrogen and oxygen atoms in total. The Morgan fingerprint density at radius 1 is 0.710 bits per heavy atom. The number of nitrogens with zero attached hydrogens (tertiary/aromatic N) is 16. The standard InChI is InChI=1S/C41H54N16O12/c1-3-27(57(18-22-10-6-4-7-11-22)41(62)63-20-23-12-8-5-9-13-23)28-15-14-24(48-53-43)38(64-28)67-35-26(50-55-45)16-25(49-54-44)33(60)37(35)69-40-34(61)36(30(19-58)66-40)68-39-31(51-56-46)21(2)32(59)29(65-39)17-47-52-42/h4-13,21,24-40,58-61H,3,14-20H2,1-2H3/t21-,24-,25-,26+,27-,28+,29+,30-,31-,32+,33+,34-,35-,36-,37-,38-,39-,40+/m1/s1. The van der Waals surface area contributed by atoms with Crippen molar-refractivity contribution >= 4 is 6.09 Å². The monoisotopic (exact) mass is 962 g/mol. The number of aliphatic hydroxyl groups is 4. The molecule has 3 heterocycles.